The Morgan fingerprint density at radius 2 is 1.62 bits per heavy atom. The first-order chi connectivity index (χ1) is 10.3. The van der Waals surface area contributed by atoms with E-state index in [1.54, 1.807) is 0 Å². The van der Waals surface area contributed by atoms with Crippen molar-refractivity contribution in [1.82, 2.24) is 15.1 Å². The van der Waals surface area contributed by atoms with Gasteiger partial charge in [0.1, 0.15) is 0 Å². The normalized spacial score (nSPS) is 20.6. The molecular formula is C16H24N4O. The summed E-state index contributed by atoms with van der Waals surface area (Å²) in [7, 11) is 0. The van der Waals surface area contributed by atoms with Gasteiger partial charge in [-0.3, -0.25) is 9.69 Å². The fraction of sp³-hybridized carbons (Fsp3) is 0.562. The maximum absolute atomic E-state index is 12.3. The number of anilines is 1. The highest BCUT2D eigenvalue weighted by Crippen LogP contribution is 2.15. The van der Waals surface area contributed by atoms with Gasteiger partial charge in [0, 0.05) is 58.0 Å². The van der Waals surface area contributed by atoms with Gasteiger partial charge < -0.3 is 15.1 Å². The van der Waals surface area contributed by atoms with Crippen LogP contribution in [0.3, 0.4) is 0 Å². The highest BCUT2D eigenvalue weighted by molar-refractivity contribution is 5.78. The van der Waals surface area contributed by atoms with E-state index in [4.69, 9.17) is 0 Å². The standard InChI is InChI=1S/C16H24N4O/c21-16(20-8-6-17-7-9-20)14-18-10-12-19(13-11-18)15-4-2-1-3-5-15/h1-5,17H,6-14H2. The zero-order valence-electron chi connectivity index (χ0n) is 12.5. The molecule has 0 unspecified atom stereocenters. The van der Waals surface area contributed by atoms with Gasteiger partial charge in [0.05, 0.1) is 6.54 Å². The maximum Gasteiger partial charge on any atom is 0.236 e. The van der Waals surface area contributed by atoms with Crippen molar-refractivity contribution in [2.45, 2.75) is 0 Å². The Morgan fingerprint density at radius 3 is 2.29 bits per heavy atom. The predicted octanol–water partition coefficient (Wildman–Crippen LogP) is 0.240. The number of nitrogens with one attached hydrogen (secondary N) is 1. The summed E-state index contributed by atoms with van der Waals surface area (Å²) >= 11 is 0. The van der Waals surface area contributed by atoms with E-state index in [1.165, 1.54) is 5.69 Å². The highest BCUT2D eigenvalue weighted by atomic mass is 16.2. The lowest BCUT2D eigenvalue weighted by Gasteiger charge is -2.37. The lowest BCUT2D eigenvalue weighted by Crippen LogP contribution is -2.53. The Bertz CT molecular complexity index is 451. The molecule has 0 radical (unpaired) electrons. The molecule has 21 heavy (non-hydrogen) atoms. The van der Waals surface area contributed by atoms with Crippen LogP contribution in [-0.2, 0) is 4.79 Å². The van der Waals surface area contributed by atoms with Crippen LogP contribution in [0.15, 0.2) is 30.3 Å². The van der Waals surface area contributed by atoms with Crippen molar-refractivity contribution in [3.63, 3.8) is 0 Å². The number of amides is 1. The van der Waals surface area contributed by atoms with Crippen LogP contribution in [0.4, 0.5) is 5.69 Å². The third-order valence-corrected chi connectivity index (χ3v) is 4.32. The summed E-state index contributed by atoms with van der Waals surface area (Å²) in [5.41, 5.74) is 1.28. The van der Waals surface area contributed by atoms with Gasteiger partial charge in [-0.1, -0.05) is 18.2 Å². The van der Waals surface area contributed by atoms with Crippen LogP contribution >= 0.6 is 0 Å². The topological polar surface area (TPSA) is 38.8 Å². The second-order valence-corrected chi connectivity index (χ2v) is 5.73. The van der Waals surface area contributed by atoms with Crippen molar-refractivity contribution in [1.29, 1.82) is 0 Å². The molecule has 1 aromatic rings. The summed E-state index contributed by atoms with van der Waals surface area (Å²) in [4.78, 5) is 18.9. The molecule has 2 fully saturated rings. The molecule has 0 bridgehead atoms. The van der Waals surface area contributed by atoms with Gasteiger partial charge in [-0.2, -0.15) is 0 Å². The molecule has 2 aliphatic rings. The quantitative estimate of drug-likeness (QED) is 0.865. The molecule has 2 saturated heterocycles. The lowest BCUT2D eigenvalue weighted by molar-refractivity contribution is -0.133. The van der Waals surface area contributed by atoms with Crippen LogP contribution < -0.4 is 10.2 Å². The van der Waals surface area contributed by atoms with Gasteiger partial charge in [-0.25, -0.2) is 0 Å². The smallest absolute Gasteiger partial charge is 0.236 e. The SMILES string of the molecule is O=C(CN1CCN(c2ccccc2)CC1)N1CCNCC1. The molecule has 0 aromatic heterocycles. The Kier molecular flexibility index (Phi) is 4.72. The average Bonchev–Trinajstić information content (AvgIpc) is 2.57. The summed E-state index contributed by atoms with van der Waals surface area (Å²) < 4.78 is 0. The minimum absolute atomic E-state index is 0.282. The number of piperazine rings is 2. The second-order valence-electron chi connectivity index (χ2n) is 5.73. The molecule has 0 aliphatic carbocycles. The molecule has 0 saturated carbocycles. The zero-order chi connectivity index (χ0) is 14.5. The van der Waals surface area contributed by atoms with Gasteiger partial charge in [-0.05, 0) is 12.1 Å². The van der Waals surface area contributed by atoms with Crippen molar-refractivity contribution in [3.8, 4) is 0 Å². The molecule has 2 aliphatic heterocycles. The van der Waals surface area contributed by atoms with Gasteiger partial charge in [0.25, 0.3) is 0 Å². The first-order valence-corrected chi connectivity index (χ1v) is 7.84. The molecule has 114 valence electrons. The molecule has 0 atom stereocenters. The van der Waals surface area contributed by atoms with E-state index >= 15 is 0 Å². The van der Waals surface area contributed by atoms with Crippen LogP contribution in [0.1, 0.15) is 0 Å². The Balaban J connectivity index is 1.46. The van der Waals surface area contributed by atoms with Crippen LogP contribution in [-0.4, -0.2) is 74.6 Å². The van der Waals surface area contributed by atoms with Crippen molar-refractivity contribution in [2.24, 2.45) is 0 Å². The maximum atomic E-state index is 12.3. The number of nitrogens with zero attached hydrogens (tertiary/aromatic N) is 3. The fourth-order valence-corrected chi connectivity index (χ4v) is 3.01. The summed E-state index contributed by atoms with van der Waals surface area (Å²) in [6.07, 6.45) is 0. The van der Waals surface area contributed by atoms with E-state index in [-0.39, 0.29) is 5.91 Å². The third kappa shape index (κ3) is 3.74. The van der Waals surface area contributed by atoms with Crippen LogP contribution in [0.5, 0.6) is 0 Å². The van der Waals surface area contributed by atoms with E-state index in [0.29, 0.717) is 6.54 Å². The molecule has 5 heteroatoms. The van der Waals surface area contributed by atoms with E-state index in [2.05, 4.69) is 39.4 Å². The summed E-state index contributed by atoms with van der Waals surface area (Å²) in [5.74, 6) is 0.282. The molecular weight excluding hydrogens is 264 g/mol. The van der Waals surface area contributed by atoms with Gasteiger partial charge >= 0.3 is 0 Å². The molecule has 0 spiro atoms. The zero-order valence-corrected chi connectivity index (χ0v) is 12.5. The van der Waals surface area contributed by atoms with Crippen LogP contribution in [0.2, 0.25) is 0 Å². The second kappa shape index (κ2) is 6.91. The number of carbonyl (C=O) groups excluding carboxylic acids is 1. The Hall–Kier alpha value is -1.59. The monoisotopic (exact) mass is 288 g/mol. The number of hydrogen-bond donors (Lipinski definition) is 1. The van der Waals surface area contributed by atoms with Crippen molar-refractivity contribution < 1.29 is 4.79 Å². The first kappa shape index (κ1) is 14.4. The fourth-order valence-electron chi connectivity index (χ4n) is 3.01. The molecule has 5 nitrogen and oxygen atoms in total. The van der Waals surface area contributed by atoms with Gasteiger partial charge in [-0.15, -0.1) is 0 Å². The van der Waals surface area contributed by atoms with Crippen LogP contribution in [0.25, 0.3) is 0 Å². The van der Waals surface area contributed by atoms with E-state index < -0.39 is 0 Å². The number of benzene rings is 1. The third-order valence-electron chi connectivity index (χ3n) is 4.32. The van der Waals surface area contributed by atoms with Crippen molar-refractivity contribution >= 4 is 11.6 Å². The highest BCUT2D eigenvalue weighted by Gasteiger charge is 2.22. The molecule has 1 amide bonds. The molecule has 3 rings (SSSR count). The summed E-state index contributed by atoms with van der Waals surface area (Å²) in [6.45, 7) is 8.05. The Morgan fingerprint density at radius 1 is 0.952 bits per heavy atom. The largest absolute Gasteiger partial charge is 0.369 e. The minimum atomic E-state index is 0.282. The summed E-state index contributed by atoms with van der Waals surface area (Å²) in [5, 5.41) is 3.28. The predicted molar refractivity (Wildman–Crippen MR) is 84.5 cm³/mol. The minimum Gasteiger partial charge on any atom is -0.369 e. The molecule has 1 N–H and O–H groups in total. The Labute approximate surface area is 126 Å². The number of rotatable bonds is 3. The van der Waals surface area contributed by atoms with Gasteiger partial charge in [0.2, 0.25) is 5.91 Å². The average molecular weight is 288 g/mol. The van der Waals surface area contributed by atoms with Crippen LogP contribution in [0, 0.1) is 0 Å². The number of hydrogen-bond acceptors (Lipinski definition) is 4. The number of carbonyl (C=O) groups is 1. The van der Waals surface area contributed by atoms with E-state index in [9.17, 15) is 4.79 Å². The lowest BCUT2D eigenvalue weighted by atomic mass is 10.2. The molecule has 2 heterocycles. The van der Waals surface area contributed by atoms with Crippen molar-refractivity contribution in [3.05, 3.63) is 30.3 Å². The first-order valence-electron chi connectivity index (χ1n) is 7.84. The van der Waals surface area contributed by atoms with E-state index in [1.807, 2.05) is 11.0 Å². The van der Waals surface area contributed by atoms with E-state index in [0.717, 1.165) is 52.4 Å². The van der Waals surface area contributed by atoms with Gasteiger partial charge in [0.15, 0.2) is 0 Å². The number of para-hydroxylation sites is 1. The van der Waals surface area contributed by atoms with Crippen molar-refractivity contribution in [2.75, 3.05) is 63.8 Å². The summed E-state index contributed by atoms with van der Waals surface area (Å²) in [6, 6.07) is 10.5. The molecule has 1 aromatic carbocycles.